The van der Waals surface area contributed by atoms with Crippen LogP contribution in [0.25, 0.3) is 0 Å². The average Bonchev–Trinajstić information content (AvgIpc) is 3.10. The number of carbonyl (C=O) groups is 1. The molecule has 1 aromatic carbocycles. The minimum atomic E-state index is -0.400. The molecule has 4 rings (SSSR count). The highest BCUT2D eigenvalue weighted by Crippen LogP contribution is 2.39. The van der Waals surface area contributed by atoms with Crippen molar-refractivity contribution in [2.75, 3.05) is 42.9 Å². The molecule has 1 atom stereocenters. The zero-order chi connectivity index (χ0) is 22.0. The van der Waals surface area contributed by atoms with Crippen LogP contribution in [0.15, 0.2) is 24.3 Å². The second-order valence-corrected chi connectivity index (χ2v) is 9.36. The summed E-state index contributed by atoms with van der Waals surface area (Å²) in [5.41, 5.74) is 2.80. The number of hydrogen-bond acceptors (Lipinski definition) is 7. The van der Waals surface area contributed by atoms with E-state index in [2.05, 4.69) is 28.1 Å². The van der Waals surface area contributed by atoms with Crippen molar-refractivity contribution in [3.63, 3.8) is 0 Å². The Balaban J connectivity index is 1.32. The minimum Gasteiger partial charge on any atom is -0.369 e. The van der Waals surface area contributed by atoms with Crippen LogP contribution in [0.4, 0.5) is 16.4 Å². The molecule has 1 fully saturated rings. The number of nitrogens with one attached hydrogen (secondary N) is 1. The fourth-order valence-electron chi connectivity index (χ4n) is 4.28. The van der Waals surface area contributed by atoms with Crippen LogP contribution in [0.5, 0.6) is 0 Å². The van der Waals surface area contributed by atoms with E-state index >= 15 is 0 Å². The molecule has 0 bridgehead atoms. The number of fused-ring (bicyclic) bond motifs is 1. The topological polar surface area (TPSA) is 103 Å². The number of nitro groups is 1. The Morgan fingerprint density at radius 2 is 2.00 bits per heavy atom. The van der Waals surface area contributed by atoms with Crippen molar-refractivity contribution in [2.45, 2.75) is 26.2 Å². The monoisotopic (exact) mass is 439 g/mol. The largest absolute Gasteiger partial charge is 0.369 e. The Morgan fingerprint density at radius 3 is 2.65 bits per heavy atom. The van der Waals surface area contributed by atoms with E-state index in [1.807, 2.05) is 0 Å². The van der Waals surface area contributed by atoms with Crippen LogP contribution in [0.2, 0.25) is 0 Å². The normalized spacial score (nSPS) is 18.8. The van der Waals surface area contributed by atoms with Gasteiger partial charge in [-0.25, -0.2) is 0 Å². The molecule has 1 saturated heterocycles. The minimum absolute atomic E-state index is 0.0838. The number of nitrogens with zero attached hydrogens (tertiary/aromatic N) is 4. The Morgan fingerprint density at radius 1 is 1.29 bits per heavy atom. The number of piperazine rings is 1. The summed E-state index contributed by atoms with van der Waals surface area (Å²) in [4.78, 5) is 28.6. The van der Waals surface area contributed by atoms with Crippen molar-refractivity contribution in [2.24, 2.45) is 5.92 Å². The summed E-state index contributed by atoms with van der Waals surface area (Å²) in [5, 5.41) is 24.1. The molecule has 1 aliphatic heterocycles. The van der Waals surface area contributed by atoms with Crippen molar-refractivity contribution in [1.82, 2.24) is 4.90 Å². The molecule has 2 heterocycles. The van der Waals surface area contributed by atoms with Crippen LogP contribution >= 0.6 is 11.3 Å². The predicted molar refractivity (Wildman–Crippen MR) is 121 cm³/mol. The number of thiophene rings is 1. The van der Waals surface area contributed by atoms with Crippen molar-refractivity contribution in [3.8, 4) is 6.07 Å². The van der Waals surface area contributed by atoms with E-state index in [1.54, 1.807) is 23.5 Å². The highest BCUT2D eigenvalue weighted by atomic mass is 32.1. The zero-order valence-electron chi connectivity index (χ0n) is 17.5. The Labute approximate surface area is 185 Å². The fourth-order valence-corrected chi connectivity index (χ4v) is 5.65. The van der Waals surface area contributed by atoms with Gasteiger partial charge in [0.25, 0.3) is 5.69 Å². The van der Waals surface area contributed by atoms with Crippen LogP contribution in [0.1, 0.15) is 29.3 Å². The maximum absolute atomic E-state index is 12.6. The van der Waals surface area contributed by atoms with Crippen LogP contribution in [-0.2, 0) is 17.6 Å². The van der Waals surface area contributed by atoms with Crippen molar-refractivity contribution in [3.05, 3.63) is 50.4 Å². The van der Waals surface area contributed by atoms with Gasteiger partial charge in [0.1, 0.15) is 11.1 Å². The van der Waals surface area contributed by atoms with Gasteiger partial charge in [-0.3, -0.25) is 19.8 Å². The lowest BCUT2D eigenvalue weighted by Gasteiger charge is -2.35. The molecule has 0 spiro atoms. The Bertz CT molecular complexity index is 1020. The average molecular weight is 440 g/mol. The first-order valence-corrected chi connectivity index (χ1v) is 11.3. The number of anilines is 2. The summed E-state index contributed by atoms with van der Waals surface area (Å²) in [6.07, 6.45) is 2.98. The molecule has 0 unspecified atom stereocenters. The molecular formula is C22H25N5O3S. The van der Waals surface area contributed by atoms with Crippen molar-refractivity contribution in [1.29, 1.82) is 5.26 Å². The van der Waals surface area contributed by atoms with Gasteiger partial charge in [-0.15, -0.1) is 11.3 Å². The number of amides is 1. The van der Waals surface area contributed by atoms with Gasteiger partial charge in [-0.1, -0.05) is 6.92 Å². The van der Waals surface area contributed by atoms with E-state index in [0.29, 0.717) is 16.5 Å². The van der Waals surface area contributed by atoms with Crippen LogP contribution in [0, 0.1) is 27.4 Å². The van der Waals surface area contributed by atoms with Crippen LogP contribution < -0.4 is 10.2 Å². The van der Waals surface area contributed by atoms with E-state index in [-0.39, 0.29) is 18.1 Å². The fraction of sp³-hybridized carbons (Fsp3) is 0.455. The highest BCUT2D eigenvalue weighted by molar-refractivity contribution is 7.16. The molecule has 1 aliphatic carbocycles. The van der Waals surface area contributed by atoms with Gasteiger partial charge in [0.15, 0.2) is 0 Å². The van der Waals surface area contributed by atoms with Gasteiger partial charge < -0.3 is 10.2 Å². The summed E-state index contributed by atoms with van der Waals surface area (Å²) in [5.74, 6) is 0.528. The number of nitro benzene ring substituents is 1. The number of nitriles is 1. The third-order valence-corrected chi connectivity index (χ3v) is 7.21. The summed E-state index contributed by atoms with van der Waals surface area (Å²) in [7, 11) is 0. The molecule has 2 aliphatic rings. The number of carbonyl (C=O) groups excluding carboxylic acids is 1. The van der Waals surface area contributed by atoms with E-state index in [9.17, 15) is 20.2 Å². The first kappa shape index (κ1) is 21.3. The molecule has 1 aromatic heterocycles. The first-order valence-electron chi connectivity index (χ1n) is 10.5. The molecular weight excluding hydrogens is 414 g/mol. The zero-order valence-corrected chi connectivity index (χ0v) is 18.3. The molecule has 162 valence electrons. The summed E-state index contributed by atoms with van der Waals surface area (Å²) < 4.78 is 0. The smallest absolute Gasteiger partial charge is 0.269 e. The van der Waals surface area contributed by atoms with Gasteiger partial charge in [0.2, 0.25) is 5.91 Å². The van der Waals surface area contributed by atoms with Crippen molar-refractivity contribution >= 4 is 33.6 Å². The molecule has 0 saturated carbocycles. The SMILES string of the molecule is C[C@@H]1CCc2c(sc(NC(=O)CN3CCN(c4ccc([N+](=O)[O-])cc4)CC3)c2C#N)C1. The van der Waals surface area contributed by atoms with Gasteiger partial charge in [-0.05, 0) is 42.9 Å². The maximum Gasteiger partial charge on any atom is 0.269 e. The van der Waals surface area contributed by atoms with Gasteiger partial charge in [0, 0.05) is 48.9 Å². The number of non-ortho nitro benzene ring substituents is 1. The molecule has 9 heteroatoms. The van der Waals surface area contributed by atoms with Crippen LogP contribution in [0.3, 0.4) is 0 Å². The number of rotatable bonds is 5. The maximum atomic E-state index is 12.6. The molecule has 2 aromatic rings. The molecule has 31 heavy (non-hydrogen) atoms. The first-order chi connectivity index (χ1) is 14.9. The lowest BCUT2D eigenvalue weighted by Crippen LogP contribution is -2.48. The molecule has 0 radical (unpaired) electrons. The Kier molecular flexibility index (Phi) is 6.20. The van der Waals surface area contributed by atoms with E-state index in [4.69, 9.17) is 0 Å². The quantitative estimate of drug-likeness (QED) is 0.566. The van der Waals surface area contributed by atoms with Crippen molar-refractivity contribution < 1.29 is 9.72 Å². The second-order valence-electron chi connectivity index (χ2n) is 8.25. The highest BCUT2D eigenvalue weighted by Gasteiger charge is 2.25. The number of benzene rings is 1. The lowest BCUT2D eigenvalue weighted by atomic mass is 9.89. The summed E-state index contributed by atoms with van der Waals surface area (Å²) in [6, 6.07) is 8.86. The van der Waals surface area contributed by atoms with Gasteiger partial charge >= 0.3 is 0 Å². The standard InChI is InChI=1S/C22H25N5O3S/c1-15-2-7-18-19(13-23)22(31-20(18)12-15)24-21(28)14-25-8-10-26(11-9-25)16-3-5-17(6-4-16)27(29)30/h3-6,15H,2,7-12,14H2,1H3,(H,24,28)/t15-/m1/s1. The van der Waals surface area contributed by atoms with E-state index in [0.717, 1.165) is 56.7 Å². The van der Waals surface area contributed by atoms with E-state index in [1.165, 1.54) is 17.0 Å². The molecule has 8 nitrogen and oxygen atoms in total. The van der Waals surface area contributed by atoms with Gasteiger partial charge in [-0.2, -0.15) is 5.26 Å². The summed E-state index contributed by atoms with van der Waals surface area (Å²) in [6.45, 7) is 5.47. The second kappa shape index (κ2) is 9.04. The lowest BCUT2D eigenvalue weighted by molar-refractivity contribution is -0.384. The van der Waals surface area contributed by atoms with Gasteiger partial charge in [0.05, 0.1) is 17.0 Å². The molecule has 1 amide bonds. The third kappa shape index (κ3) is 4.70. The summed E-state index contributed by atoms with van der Waals surface area (Å²) >= 11 is 1.55. The predicted octanol–water partition coefficient (Wildman–Crippen LogP) is 3.41. The number of hydrogen-bond donors (Lipinski definition) is 1. The third-order valence-electron chi connectivity index (χ3n) is 6.04. The Hall–Kier alpha value is -2.96. The van der Waals surface area contributed by atoms with E-state index < -0.39 is 4.92 Å². The molecule has 1 N–H and O–H groups in total. The van der Waals surface area contributed by atoms with Crippen LogP contribution in [-0.4, -0.2) is 48.5 Å².